The third-order valence-corrected chi connectivity index (χ3v) is 59.6. The van der Waals surface area contributed by atoms with Crippen LogP contribution in [0.5, 0.6) is 0 Å². The van der Waals surface area contributed by atoms with Crippen LogP contribution in [0.4, 0.5) is 0 Å². The normalized spacial score (nSPS) is 12.2. The molecule has 3 aromatic carbocycles. The van der Waals surface area contributed by atoms with Gasteiger partial charge in [0.25, 0.3) is 20.1 Å². The fourth-order valence-electron chi connectivity index (χ4n) is 7.57. The molecule has 0 amide bonds. The summed E-state index contributed by atoms with van der Waals surface area (Å²) in [6, 6.07) is 38.9. The van der Waals surface area contributed by atoms with Crippen molar-refractivity contribution < 1.29 is 37.3 Å². The lowest BCUT2D eigenvalue weighted by molar-refractivity contribution is 0.0709. The molecule has 9 N–H and O–H groups in total. The first kappa shape index (κ1) is 140. The number of hydrogen-bond donors (Lipinski definition) is 7. The smallest absolute Gasteiger partial charge is 0.432 e. The highest BCUT2D eigenvalue weighted by molar-refractivity contribution is 7.64. The minimum Gasteiger partial charge on any atom is -0.432 e. The SMILES string of the molecule is CC(C)(C)[Si](C)(C)O.CC(C)[Si](Cl)(Cl)C(C)C.CCCCCC[Si](C)(Cl)Cl.CCO[Si](CCCN)(OCC)OCC.CC[Si](C)(Cl)Cl.CC[Si](Cl)(Cl)CC.CC[Si](O)(CC)Cc1ccccc1.C[Si](Cl)(Cl)CC[Si](C)(Cl)Cl.C[Si](Cl)(Cl)c1ccccc1.Cc1ccc(CC[Si](C)(Cl)Cl)cc1.N#CCCC[Si](Cl)(Cl)Cl.NCCC[Si](O)(O)O. The van der Waals surface area contributed by atoms with E-state index >= 15 is 0 Å². The van der Waals surface area contributed by atoms with E-state index in [0.29, 0.717) is 69.3 Å². The van der Waals surface area contributed by atoms with Gasteiger partial charge in [0.15, 0.2) is 16.6 Å². The Labute approximate surface area is 817 Å². The van der Waals surface area contributed by atoms with Gasteiger partial charge in [-0.25, -0.2) is 0 Å². The molecule has 0 unspecified atom stereocenters. The van der Waals surface area contributed by atoms with E-state index in [0.717, 1.165) is 84.5 Å². The van der Waals surface area contributed by atoms with Crippen LogP contribution in [0.25, 0.3) is 0 Å². The molecule has 0 spiro atoms. The molecule has 0 saturated carbocycles. The lowest BCUT2D eigenvalue weighted by Crippen LogP contribution is -2.46. The highest BCUT2D eigenvalue weighted by Crippen LogP contribution is 2.39. The predicted octanol–water partition coefficient (Wildman–Crippen LogP) is 31.3. The molecule has 0 aromatic heterocycles. The first-order valence-electron chi connectivity index (χ1n) is 40.3. The summed E-state index contributed by atoms with van der Waals surface area (Å²) in [6.07, 6.45) is 8.65. The van der Waals surface area contributed by atoms with Gasteiger partial charge in [0, 0.05) is 38.3 Å². The summed E-state index contributed by atoms with van der Waals surface area (Å²) < 4.78 is 17.0. The molecule has 3 rings (SSSR count). The molecule has 43 heteroatoms. The minimum atomic E-state index is -3.76. The van der Waals surface area contributed by atoms with E-state index in [1.165, 1.54) is 42.4 Å². The summed E-state index contributed by atoms with van der Waals surface area (Å²) in [5, 5.41) is 9.30. The quantitative estimate of drug-likeness (QED) is 0.0166. The van der Waals surface area contributed by atoms with Crippen LogP contribution in [0.1, 0.15) is 179 Å². The number of nitriles is 1. The summed E-state index contributed by atoms with van der Waals surface area (Å²) in [7, 11) is -9.95. The van der Waals surface area contributed by atoms with Gasteiger partial charge in [-0.3, -0.25) is 0 Å². The van der Waals surface area contributed by atoms with Crippen LogP contribution in [-0.4, -0.2) is 151 Å². The van der Waals surface area contributed by atoms with Crippen LogP contribution in [0.2, 0.25) is 141 Å². The van der Waals surface area contributed by atoms with E-state index in [-0.39, 0.29) is 11.1 Å². The molecule has 0 radical (unpaired) electrons. The predicted molar refractivity (Wildman–Crippen MR) is 572 cm³/mol. The molecule has 11 nitrogen and oxygen atoms in total. The second-order valence-corrected chi connectivity index (χ2v) is 119. The topological polar surface area (TPSA) is 205 Å². The van der Waals surface area contributed by atoms with Crippen LogP contribution in [0, 0.1) is 18.3 Å². The number of halogens is 19. The largest absolute Gasteiger partial charge is 0.500 e. The van der Waals surface area contributed by atoms with E-state index in [4.69, 9.17) is 255 Å². The van der Waals surface area contributed by atoms with Crippen molar-refractivity contribution in [1.82, 2.24) is 0 Å². The molecule has 3 aromatic rings. The molecule has 0 atom stereocenters. The highest BCUT2D eigenvalue weighted by Gasteiger charge is 2.40. The Balaban J connectivity index is -0.000000156. The molecule has 0 aliphatic carbocycles. The fourth-order valence-corrected chi connectivity index (χ4v) is 27.9. The monoisotopic (exact) mass is 2240 g/mol. The van der Waals surface area contributed by atoms with Gasteiger partial charge in [-0.2, -0.15) is 5.26 Å². The van der Waals surface area contributed by atoms with Gasteiger partial charge < -0.3 is 48.7 Å². The van der Waals surface area contributed by atoms with Gasteiger partial charge in [0.05, 0.1) is 6.07 Å². The second-order valence-electron chi connectivity index (χ2n) is 30.9. The van der Waals surface area contributed by atoms with Gasteiger partial charge in [-0.15, -0.1) is 211 Å². The number of unbranched alkanes of at least 4 members (excludes halogenated alkanes) is 4. The van der Waals surface area contributed by atoms with Crippen molar-refractivity contribution in [3.63, 3.8) is 0 Å². The Kier molecular flexibility index (Phi) is 90.3. The average Bonchev–Trinajstić information content (AvgIpc) is 0.879. The van der Waals surface area contributed by atoms with Crippen molar-refractivity contribution in [2.45, 2.75) is 323 Å². The van der Waals surface area contributed by atoms with Gasteiger partial charge in [-0.1, -0.05) is 206 Å². The van der Waals surface area contributed by atoms with Crippen molar-refractivity contribution in [2.75, 3.05) is 32.9 Å². The number of rotatable bonds is 36. The molecule has 0 bridgehead atoms. The number of benzene rings is 3. The third-order valence-electron chi connectivity index (χ3n) is 16.7. The van der Waals surface area contributed by atoms with Gasteiger partial charge in [0.2, 0.25) is 33.5 Å². The summed E-state index contributed by atoms with van der Waals surface area (Å²) in [5.41, 5.74) is 15.3. The van der Waals surface area contributed by atoms with E-state index in [1.54, 1.807) is 0 Å². The maximum Gasteiger partial charge on any atom is 0.500 e. The molecule has 698 valence electrons. The third kappa shape index (κ3) is 108. The van der Waals surface area contributed by atoms with Crippen molar-refractivity contribution in [1.29, 1.82) is 5.26 Å². The van der Waals surface area contributed by atoms with Crippen LogP contribution < -0.4 is 16.7 Å². The Hall–Kier alpha value is 5.08. The van der Waals surface area contributed by atoms with Crippen molar-refractivity contribution in [3.05, 3.63) is 102 Å². The Bertz CT molecular complexity index is 2700. The Morgan fingerprint density at radius 3 is 1.01 bits per heavy atom. The van der Waals surface area contributed by atoms with E-state index < -0.39 is 93.8 Å². The van der Waals surface area contributed by atoms with E-state index in [1.807, 2.05) is 149 Å². The Morgan fingerprint density at radius 1 is 0.419 bits per heavy atom. The summed E-state index contributed by atoms with van der Waals surface area (Å²) in [5.74, 6) is 0. The zero-order chi connectivity index (χ0) is 94.3. The van der Waals surface area contributed by atoms with Gasteiger partial charge in [-0.05, 0) is 218 Å². The molecule has 0 fully saturated rings. The van der Waals surface area contributed by atoms with Crippen LogP contribution in [-0.2, 0) is 25.7 Å². The second kappa shape index (κ2) is 75.5. The van der Waals surface area contributed by atoms with Gasteiger partial charge >= 0.3 is 23.6 Å². The lowest BCUT2D eigenvalue weighted by atomic mass is 10.1. The van der Waals surface area contributed by atoms with Crippen LogP contribution in [0.15, 0.2) is 84.9 Å². The van der Waals surface area contributed by atoms with E-state index in [9.17, 15) is 9.59 Å². The Morgan fingerprint density at radius 2 is 0.778 bits per heavy atom. The molecule has 0 aliphatic rings. The maximum absolute atomic E-state index is 10.2. The van der Waals surface area contributed by atoms with Crippen molar-refractivity contribution in [2.24, 2.45) is 11.5 Å². The molecule has 0 aliphatic heterocycles. The minimum absolute atomic E-state index is 0.0451. The summed E-state index contributed by atoms with van der Waals surface area (Å²) in [4.78, 5) is 44.7. The van der Waals surface area contributed by atoms with Crippen molar-refractivity contribution >= 4 is 309 Å². The first-order valence-corrected chi connectivity index (χ1v) is 91.8. The number of aryl methyl sites for hydroxylation is 2. The fraction of sp³-hybridized carbons (Fsp3) is 0.743. The maximum atomic E-state index is 10.2. The van der Waals surface area contributed by atoms with Crippen LogP contribution in [0.3, 0.4) is 0 Å². The first-order chi connectivity index (χ1) is 52.7. The molecule has 0 saturated heterocycles. The molecule has 117 heavy (non-hydrogen) atoms. The van der Waals surface area contributed by atoms with Crippen LogP contribution >= 0.6 is 211 Å². The summed E-state index contributed by atoms with van der Waals surface area (Å²) in [6.45, 7) is 38.5. The number of nitrogens with zero attached hydrogens (tertiary/aromatic N) is 1. The summed E-state index contributed by atoms with van der Waals surface area (Å²) >= 11 is 111. The standard InChI is InChI=1S/C11H18OSi.C10H14Cl2Si.C9H23NO3Si.C7H8Cl2Si.C7H16Cl2Si.C6H14Cl2Si.C6H16OSi.C4H10Cl4Si2.C4H6Cl3NSi.C4H10Cl2Si.C3H8Cl2Si.C3H11NO3Si/c1-3-13(12,4-2)10-11-8-6-5-7-9-11;1-9-3-5-10(6-4-9)7-8-13(2,11)12;1-4-11-14(12-5-2,13-6-3)9-7-8-10;1-10(8,9)7-5-3-2-4-6-7;1-3-4-5-6-7-10(2,8)9;1-5(2)9(7,8)6(3)4;1-6(2,3)8(4,5)7;1-9(5,6)3-4-10(2,7)8;5-9(6,7)4-2-1-3-8;1-3-7(5,6)4-2;1-3-6(2,4)5;4-2-1-3-8(5,6)7/h5-9,12H,3-4,10H2,1-2H3;3-6H,7-8H2,1-2H3;4-10H2,1-3H3;2-6H,1H3;3-7H2,1-2H3;5-6H,1-4H3;7H,1-5H3;3-4H2,1-2H3;1-2,4H2;3-4H2,1-2H3;3H2,1-2H3;5-7H,1-4H2. The number of nitrogens with two attached hydrogens (primary N) is 2. The molecular weight excluding hydrogens is 2100 g/mol. The van der Waals surface area contributed by atoms with Gasteiger partial charge in [0.1, 0.15) is 0 Å². The van der Waals surface area contributed by atoms with Crippen molar-refractivity contribution in [3.8, 4) is 6.07 Å². The lowest BCUT2D eigenvalue weighted by Gasteiger charge is -2.30. The number of hydrogen-bond acceptors (Lipinski definition) is 11. The zero-order valence-corrected chi connectivity index (χ0v) is 102. The van der Waals surface area contributed by atoms with E-state index in [2.05, 4.69) is 113 Å². The highest BCUT2D eigenvalue weighted by atomic mass is 35.8. The zero-order valence-electron chi connectivity index (χ0n) is 75.1. The average molecular weight is 2250 g/mol. The molecular formula is C74H154Cl19N3O8Si13. The molecule has 0 heterocycles.